The van der Waals surface area contributed by atoms with Gasteiger partial charge in [-0.05, 0) is 26.8 Å². The van der Waals surface area contributed by atoms with Crippen molar-refractivity contribution in [2.45, 2.75) is 38.5 Å². The number of amides is 1. The zero-order valence-corrected chi connectivity index (χ0v) is 14.9. The van der Waals surface area contributed by atoms with Crippen molar-refractivity contribution < 1.29 is 19.1 Å². The van der Waals surface area contributed by atoms with Gasteiger partial charge < -0.3 is 20.6 Å². The SMILES string of the molecule is CN(C(=O)OC(C)(C)C)C1CN(C(/C(N)=N/O)c2ccccc2F)C1. The molecule has 2 rings (SSSR count). The maximum absolute atomic E-state index is 14.1. The number of halogens is 1. The summed E-state index contributed by atoms with van der Waals surface area (Å²) in [6.07, 6.45) is -0.414. The number of amidine groups is 1. The van der Waals surface area contributed by atoms with E-state index in [1.54, 1.807) is 46.0 Å². The van der Waals surface area contributed by atoms with Gasteiger partial charge in [-0.3, -0.25) is 4.90 Å². The molecule has 7 nitrogen and oxygen atoms in total. The second-order valence-electron chi connectivity index (χ2n) is 7.15. The van der Waals surface area contributed by atoms with Crippen molar-refractivity contribution in [3.05, 3.63) is 35.6 Å². The molecule has 8 heteroatoms. The van der Waals surface area contributed by atoms with Crippen LogP contribution in [-0.2, 0) is 4.74 Å². The Labute approximate surface area is 146 Å². The molecule has 0 spiro atoms. The second kappa shape index (κ2) is 7.26. The Bertz CT molecular complexity index is 654. The van der Waals surface area contributed by atoms with Crippen LogP contribution in [0.1, 0.15) is 32.4 Å². The number of hydrogen-bond donors (Lipinski definition) is 2. The fourth-order valence-corrected chi connectivity index (χ4v) is 2.72. The predicted octanol–water partition coefficient (Wildman–Crippen LogP) is 2.16. The van der Waals surface area contributed by atoms with Gasteiger partial charge in [0.05, 0.1) is 12.1 Å². The molecule has 0 bridgehead atoms. The molecule has 0 radical (unpaired) electrons. The minimum Gasteiger partial charge on any atom is -0.444 e. The molecular weight excluding hydrogens is 327 g/mol. The summed E-state index contributed by atoms with van der Waals surface area (Å²) >= 11 is 0. The quantitative estimate of drug-likeness (QED) is 0.375. The van der Waals surface area contributed by atoms with E-state index in [2.05, 4.69) is 5.16 Å². The molecule has 138 valence electrons. The van der Waals surface area contributed by atoms with Crippen LogP contribution in [0.2, 0.25) is 0 Å². The Hall–Kier alpha value is -2.35. The number of oxime groups is 1. The number of ether oxygens (including phenoxy) is 1. The molecule has 3 N–H and O–H groups in total. The standard InChI is InChI=1S/C17H25FN4O3/c1-17(2,3)25-16(23)21(4)11-9-22(10-11)14(15(19)20-24)12-7-5-6-8-13(12)18/h5-8,11,14,24H,9-10H2,1-4H3,(H2,19,20). The number of nitrogens with zero attached hydrogens (tertiary/aromatic N) is 3. The Kier molecular flexibility index (Phi) is 5.52. The molecule has 0 saturated carbocycles. The van der Waals surface area contributed by atoms with Gasteiger partial charge in [0, 0.05) is 25.7 Å². The second-order valence-corrected chi connectivity index (χ2v) is 7.15. The van der Waals surface area contributed by atoms with Crippen LogP contribution in [0.15, 0.2) is 29.4 Å². The summed E-state index contributed by atoms with van der Waals surface area (Å²) in [4.78, 5) is 15.5. The first-order valence-corrected chi connectivity index (χ1v) is 8.05. The molecule has 1 aromatic carbocycles. The zero-order valence-electron chi connectivity index (χ0n) is 14.9. The van der Waals surface area contributed by atoms with Crippen LogP contribution < -0.4 is 5.73 Å². The summed E-state index contributed by atoms with van der Waals surface area (Å²) in [6, 6.07) is 5.43. The number of nitrogens with two attached hydrogens (primary N) is 1. The fourth-order valence-electron chi connectivity index (χ4n) is 2.72. The minimum atomic E-state index is -0.686. The van der Waals surface area contributed by atoms with Gasteiger partial charge in [0.15, 0.2) is 5.84 Å². The topological polar surface area (TPSA) is 91.4 Å². The van der Waals surface area contributed by atoms with Crippen molar-refractivity contribution in [1.29, 1.82) is 0 Å². The van der Waals surface area contributed by atoms with E-state index in [0.29, 0.717) is 18.7 Å². The van der Waals surface area contributed by atoms with E-state index in [4.69, 9.17) is 15.7 Å². The molecule has 1 aliphatic heterocycles. The monoisotopic (exact) mass is 352 g/mol. The molecule has 1 amide bonds. The van der Waals surface area contributed by atoms with E-state index in [0.717, 1.165) is 0 Å². The normalized spacial score (nSPS) is 17.7. The van der Waals surface area contributed by atoms with Crippen molar-refractivity contribution >= 4 is 11.9 Å². The number of carbonyl (C=O) groups is 1. The smallest absolute Gasteiger partial charge is 0.410 e. The van der Waals surface area contributed by atoms with Crippen LogP contribution in [0, 0.1) is 5.82 Å². The first-order chi connectivity index (χ1) is 11.6. The van der Waals surface area contributed by atoms with Crippen molar-refractivity contribution in [3.8, 4) is 0 Å². The number of likely N-dealkylation sites (N-methyl/N-ethyl adjacent to an activating group) is 1. The predicted molar refractivity (Wildman–Crippen MR) is 91.9 cm³/mol. The van der Waals surface area contributed by atoms with Gasteiger partial charge >= 0.3 is 6.09 Å². The molecule has 1 aromatic rings. The van der Waals surface area contributed by atoms with E-state index >= 15 is 0 Å². The lowest BCUT2D eigenvalue weighted by Crippen LogP contribution is -2.62. The van der Waals surface area contributed by atoms with E-state index in [-0.39, 0.29) is 11.9 Å². The summed E-state index contributed by atoms with van der Waals surface area (Å²) < 4.78 is 19.5. The molecule has 25 heavy (non-hydrogen) atoms. The Morgan fingerprint density at radius 3 is 2.56 bits per heavy atom. The highest BCUT2D eigenvalue weighted by atomic mass is 19.1. The van der Waals surface area contributed by atoms with Gasteiger partial charge in [-0.25, -0.2) is 9.18 Å². The molecule has 1 heterocycles. The molecule has 0 aliphatic carbocycles. The number of likely N-dealkylation sites (tertiary alicyclic amines) is 1. The van der Waals surface area contributed by atoms with E-state index in [9.17, 15) is 9.18 Å². The molecular formula is C17H25FN4O3. The Morgan fingerprint density at radius 2 is 2.04 bits per heavy atom. The van der Waals surface area contributed by atoms with Crippen molar-refractivity contribution in [1.82, 2.24) is 9.80 Å². The lowest BCUT2D eigenvalue weighted by atomic mass is 9.97. The van der Waals surface area contributed by atoms with Gasteiger partial charge in [-0.1, -0.05) is 23.4 Å². The highest BCUT2D eigenvalue weighted by Crippen LogP contribution is 2.30. The summed E-state index contributed by atoms with van der Waals surface area (Å²) in [5, 5.41) is 12.1. The largest absolute Gasteiger partial charge is 0.444 e. The summed E-state index contributed by atoms with van der Waals surface area (Å²) in [7, 11) is 1.66. The highest BCUT2D eigenvalue weighted by Gasteiger charge is 2.40. The average Bonchev–Trinajstić information content (AvgIpc) is 2.48. The number of hydrogen-bond acceptors (Lipinski definition) is 5. The van der Waals surface area contributed by atoms with Crippen molar-refractivity contribution in [2.24, 2.45) is 10.9 Å². The number of rotatable bonds is 4. The summed E-state index contributed by atoms with van der Waals surface area (Å²) in [5.74, 6) is -0.522. The molecule has 1 atom stereocenters. The third kappa shape index (κ3) is 4.39. The molecule has 1 saturated heterocycles. The van der Waals surface area contributed by atoms with Crippen LogP contribution in [0.5, 0.6) is 0 Å². The highest BCUT2D eigenvalue weighted by molar-refractivity contribution is 5.86. The van der Waals surface area contributed by atoms with Crippen molar-refractivity contribution in [3.63, 3.8) is 0 Å². The molecule has 1 unspecified atom stereocenters. The van der Waals surface area contributed by atoms with Gasteiger partial charge in [0.25, 0.3) is 0 Å². The molecule has 0 aromatic heterocycles. The lowest BCUT2D eigenvalue weighted by Gasteiger charge is -2.47. The number of carbonyl (C=O) groups excluding carboxylic acids is 1. The minimum absolute atomic E-state index is 0.0874. The summed E-state index contributed by atoms with van der Waals surface area (Å²) in [6.45, 7) is 6.34. The zero-order chi connectivity index (χ0) is 18.8. The summed E-state index contributed by atoms with van der Waals surface area (Å²) in [5.41, 5.74) is 5.54. The first kappa shape index (κ1) is 19.0. The average molecular weight is 352 g/mol. The third-order valence-electron chi connectivity index (χ3n) is 4.08. The Morgan fingerprint density at radius 1 is 1.44 bits per heavy atom. The lowest BCUT2D eigenvalue weighted by molar-refractivity contribution is -0.00922. The van der Waals surface area contributed by atoms with E-state index in [1.165, 1.54) is 11.0 Å². The van der Waals surface area contributed by atoms with Gasteiger partial charge in [-0.2, -0.15) is 0 Å². The maximum Gasteiger partial charge on any atom is 0.410 e. The fraction of sp³-hybridized carbons (Fsp3) is 0.529. The van der Waals surface area contributed by atoms with Crippen LogP contribution >= 0.6 is 0 Å². The van der Waals surface area contributed by atoms with Crippen LogP contribution in [0.4, 0.5) is 9.18 Å². The van der Waals surface area contributed by atoms with Crippen molar-refractivity contribution in [2.75, 3.05) is 20.1 Å². The Balaban J connectivity index is 2.07. The van der Waals surface area contributed by atoms with E-state index < -0.39 is 23.6 Å². The first-order valence-electron chi connectivity index (χ1n) is 8.05. The number of benzene rings is 1. The maximum atomic E-state index is 14.1. The van der Waals surface area contributed by atoms with Gasteiger partial charge in [-0.15, -0.1) is 0 Å². The molecule has 1 aliphatic rings. The van der Waals surface area contributed by atoms with Gasteiger partial charge in [0.1, 0.15) is 11.4 Å². The van der Waals surface area contributed by atoms with Crippen LogP contribution in [0.25, 0.3) is 0 Å². The van der Waals surface area contributed by atoms with E-state index in [1.807, 2.05) is 4.90 Å². The van der Waals surface area contributed by atoms with Crippen LogP contribution in [-0.4, -0.2) is 58.7 Å². The van der Waals surface area contributed by atoms with Gasteiger partial charge in [0.2, 0.25) is 0 Å². The molecule has 1 fully saturated rings. The third-order valence-corrected chi connectivity index (χ3v) is 4.08. The van der Waals surface area contributed by atoms with Crippen LogP contribution in [0.3, 0.4) is 0 Å².